The molecule has 0 spiro atoms. The summed E-state index contributed by atoms with van der Waals surface area (Å²) in [6.45, 7) is 2.33. The van der Waals surface area contributed by atoms with Crippen LogP contribution in [0.1, 0.15) is 116 Å². The monoisotopic (exact) mass is 1190 g/mol. The molecule has 4 unspecified atom stereocenters. The summed E-state index contributed by atoms with van der Waals surface area (Å²) in [5.41, 5.74) is 63.7. The number of hydrogen-bond donors (Lipinski definition) is 12. The molecule has 0 bridgehead atoms. The number of ether oxygens (including phenoxy) is 4. The molecular formula is C42H88N20O20. The molecule has 24 N–H and O–H groups in total. The number of esters is 4. The number of nitrogens with two attached hydrogens (primary N) is 12. The van der Waals surface area contributed by atoms with Crippen LogP contribution in [0.3, 0.4) is 0 Å². The van der Waals surface area contributed by atoms with Crippen molar-refractivity contribution < 1.29 is 77.8 Å². The van der Waals surface area contributed by atoms with Gasteiger partial charge in [-0.05, 0) is 103 Å². The minimum atomic E-state index is -0.906. The fraction of sp³-hybridized carbons (Fsp3) is 0.810. The third-order valence-corrected chi connectivity index (χ3v) is 9.50. The van der Waals surface area contributed by atoms with E-state index in [2.05, 4.69) is 39.3 Å². The minimum absolute atomic E-state index is 0.00177. The first-order chi connectivity index (χ1) is 38.7. The Bertz CT molecular complexity index is 1880. The smallest absolute Gasteiger partial charge is 0.322 e. The van der Waals surface area contributed by atoms with Gasteiger partial charge in [0.25, 0.3) is 20.3 Å². The Morgan fingerprint density at radius 2 is 0.488 bits per heavy atom. The summed E-state index contributed by atoms with van der Waals surface area (Å²) < 4.78 is 19.8. The van der Waals surface area contributed by atoms with Gasteiger partial charge >= 0.3 is 23.9 Å². The van der Waals surface area contributed by atoms with Crippen LogP contribution in [0.5, 0.6) is 0 Å². The molecule has 0 saturated heterocycles. The molecule has 0 aliphatic carbocycles. The predicted molar refractivity (Wildman–Crippen MR) is 293 cm³/mol. The molecule has 0 heterocycles. The summed E-state index contributed by atoms with van der Waals surface area (Å²) in [5.74, 6) is -1.98. The third-order valence-electron chi connectivity index (χ3n) is 9.50. The van der Waals surface area contributed by atoms with Gasteiger partial charge in [0.1, 0.15) is 24.2 Å². The molecule has 0 aliphatic rings. The van der Waals surface area contributed by atoms with Gasteiger partial charge in [-0.2, -0.15) is 0 Å². The van der Waals surface area contributed by atoms with Crippen molar-refractivity contribution in [2.75, 3.05) is 79.0 Å². The standard InChI is InChI=1S/C12H25N5O5.C11H23N5O5.C10H21N5O5.C9H19N5O5/c13-10(6-5-7-16-12(14)15)11(18)21-8-3-1-2-4-9-22-17(19)20;12-9(5-4-6-15-11(13)14)10(17)20-7-2-1-3-8-21-16(18)19;11-8(4-3-5-14-10(12)13)9(16)19-6-1-2-7-20-15(17)18;10-7(3-1-4-13-9(11)12)8(15)18-5-2-6-19-14(16)17/h10H,1-9,13H2,(H4,14,15,16);9H,1-8,12H2,(H4,13,14,15);8H,1-7,11H2,(H4,12,13,14);7H,1-6,10H2,(H4,11,12,13). The molecular weight excluding hydrogens is 1100 g/mol. The summed E-state index contributed by atoms with van der Waals surface area (Å²) in [5, 5.41) is 36.0. The number of hydrogen-bond acceptors (Lipinski definition) is 28. The number of carbonyl (C=O) groups excluding carboxylic acids is 4. The van der Waals surface area contributed by atoms with Gasteiger partial charge in [-0.15, -0.1) is 40.5 Å². The number of unbranched alkanes of at least 4 members (excludes halogenated alkanes) is 6. The van der Waals surface area contributed by atoms with Crippen LogP contribution in [0.4, 0.5) is 0 Å². The number of aliphatic imine (C=N–C) groups is 4. The van der Waals surface area contributed by atoms with E-state index in [4.69, 9.17) is 87.8 Å². The number of rotatable bonds is 46. The lowest BCUT2D eigenvalue weighted by molar-refractivity contribution is -0.757. The summed E-state index contributed by atoms with van der Waals surface area (Å²) >= 11 is 0. The zero-order valence-corrected chi connectivity index (χ0v) is 46.2. The van der Waals surface area contributed by atoms with Crippen LogP contribution in [0, 0.1) is 40.5 Å². The maximum absolute atomic E-state index is 11.6. The number of nitrogens with zero attached hydrogens (tertiary/aromatic N) is 8. The third kappa shape index (κ3) is 65.9. The van der Waals surface area contributed by atoms with Gasteiger partial charge in [-0.1, -0.05) is 6.42 Å². The van der Waals surface area contributed by atoms with E-state index < -0.39 is 68.4 Å². The highest BCUT2D eigenvalue weighted by molar-refractivity contribution is 5.78. The normalized spacial score (nSPS) is 11.5. The maximum atomic E-state index is 11.6. The molecule has 0 rings (SSSR count). The molecule has 0 radical (unpaired) electrons. The molecule has 0 aromatic heterocycles. The van der Waals surface area contributed by atoms with Gasteiger partial charge in [0.2, 0.25) is 0 Å². The summed E-state index contributed by atoms with van der Waals surface area (Å²) in [6, 6.07) is -2.86. The van der Waals surface area contributed by atoms with E-state index in [9.17, 15) is 59.6 Å². The van der Waals surface area contributed by atoms with E-state index in [1.54, 1.807) is 0 Å². The molecule has 82 heavy (non-hydrogen) atoms. The van der Waals surface area contributed by atoms with E-state index in [1.165, 1.54) is 0 Å². The second-order valence-electron chi connectivity index (χ2n) is 16.7. The van der Waals surface area contributed by atoms with Gasteiger partial charge in [0.15, 0.2) is 23.8 Å². The highest BCUT2D eigenvalue weighted by Crippen LogP contribution is 2.05. The summed E-state index contributed by atoms with van der Waals surface area (Å²) in [7, 11) is 0. The van der Waals surface area contributed by atoms with Gasteiger partial charge in [0.05, 0.1) is 52.9 Å². The van der Waals surface area contributed by atoms with Crippen molar-refractivity contribution in [3.05, 3.63) is 40.5 Å². The minimum Gasteiger partial charge on any atom is -0.465 e. The number of guanidine groups is 4. The molecule has 0 aromatic carbocycles. The van der Waals surface area contributed by atoms with Crippen molar-refractivity contribution in [1.82, 2.24) is 0 Å². The molecule has 0 amide bonds. The largest absolute Gasteiger partial charge is 0.465 e. The van der Waals surface area contributed by atoms with Crippen molar-refractivity contribution in [2.24, 2.45) is 88.8 Å². The van der Waals surface area contributed by atoms with E-state index in [0.717, 1.165) is 12.8 Å². The van der Waals surface area contributed by atoms with Crippen molar-refractivity contribution >= 4 is 47.7 Å². The first-order valence-electron chi connectivity index (χ1n) is 25.7. The molecule has 4 atom stereocenters. The second-order valence-corrected chi connectivity index (χ2v) is 16.7. The van der Waals surface area contributed by atoms with Crippen LogP contribution in [0.2, 0.25) is 0 Å². The van der Waals surface area contributed by atoms with Crippen molar-refractivity contribution in [3.63, 3.8) is 0 Å². The fourth-order valence-corrected chi connectivity index (χ4v) is 5.43. The quantitative estimate of drug-likeness (QED) is 0.00532. The zero-order valence-electron chi connectivity index (χ0n) is 46.2. The Hall–Kier alpha value is -8.40. The second kappa shape index (κ2) is 55.9. The molecule has 0 aromatic rings. The Labute approximate surface area is 472 Å². The molecule has 0 saturated carbocycles. The van der Waals surface area contributed by atoms with Gasteiger partial charge in [0, 0.05) is 32.6 Å². The van der Waals surface area contributed by atoms with Crippen LogP contribution >= 0.6 is 0 Å². The van der Waals surface area contributed by atoms with E-state index in [-0.39, 0.29) is 83.1 Å². The van der Waals surface area contributed by atoms with Crippen molar-refractivity contribution in [3.8, 4) is 0 Å². The molecule has 476 valence electrons. The molecule has 0 aliphatic heterocycles. The average Bonchev–Trinajstić information content (AvgIpc) is 3.39. The molecule has 40 nitrogen and oxygen atoms in total. The van der Waals surface area contributed by atoms with Gasteiger partial charge in [-0.3, -0.25) is 39.1 Å². The lowest BCUT2D eigenvalue weighted by Crippen LogP contribution is -2.33. The number of carbonyl (C=O) groups is 4. The first kappa shape index (κ1) is 80.1. The summed E-state index contributed by atoms with van der Waals surface area (Å²) in [6.07, 6.45) is 9.80. The van der Waals surface area contributed by atoms with E-state index in [0.29, 0.717) is 122 Å². The lowest BCUT2D eigenvalue weighted by Gasteiger charge is -2.10. The topological polar surface area (TPSA) is 676 Å². The van der Waals surface area contributed by atoms with Crippen LogP contribution < -0.4 is 68.8 Å². The highest BCUT2D eigenvalue weighted by atomic mass is 17.0. The lowest BCUT2D eigenvalue weighted by atomic mass is 10.1. The summed E-state index contributed by atoms with van der Waals surface area (Å²) in [4.78, 5) is 117. The van der Waals surface area contributed by atoms with Crippen LogP contribution in [-0.4, -0.2) is 171 Å². The van der Waals surface area contributed by atoms with Gasteiger partial charge in [-0.25, -0.2) is 0 Å². The van der Waals surface area contributed by atoms with Crippen LogP contribution in [0.15, 0.2) is 20.0 Å². The van der Waals surface area contributed by atoms with Crippen molar-refractivity contribution in [2.45, 2.75) is 140 Å². The predicted octanol–water partition coefficient (Wildman–Crippen LogP) is -3.62. The Balaban J connectivity index is -0.000000495. The van der Waals surface area contributed by atoms with E-state index in [1.807, 2.05) is 0 Å². The Kier molecular flexibility index (Phi) is 54.6. The maximum Gasteiger partial charge on any atom is 0.322 e. The van der Waals surface area contributed by atoms with Gasteiger partial charge < -0.3 is 107 Å². The highest BCUT2D eigenvalue weighted by Gasteiger charge is 2.17. The first-order valence-corrected chi connectivity index (χ1v) is 25.7. The average molecular weight is 1190 g/mol. The van der Waals surface area contributed by atoms with Crippen LogP contribution in [0.25, 0.3) is 0 Å². The molecule has 0 fully saturated rings. The fourth-order valence-electron chi connectivity index (χ4n) is 5.43. The van der Waals surface area contributed by atoms with E-state index >= 15 is 0 Å². The van der Waals surface area contributed by atoms with Crippen molar-refractivity contribution in [1.29, 1.82) is 0 Å². The zero-order chi connectivity index (χ0) is 62.9. The molecule has 40 heteroatoms. The Morgan fingerprint density at radius 1 is 0.305 bits per heavy atom. The Morgan fingerprint density at radius 3 is 0.720 bits per heavy atom. The SMILES string of the molecule is NC(N)=NCCCC(N)C(=O)OCCCCCCO[N+](=O)[O-].NC(N)=NCCCC(N)C(=O)OCCCCCO[N+](=O)[O-].NC(N)=NCCCC(N)C(=O)OCCCCO[N+](=O)[O-].NC(N)=NCCCC(N)C(=O)OCCCO[N+](=O)[O-]. The van der Waals surface area contributed by atoms with Crippen LogP contribution in [-0.2, 0) is 57.5 Å².